The van der Waals surface area contributed by atoms with Gasteiger partial charge in [-0.2, -0.15) is 0 Å². The van der Waals surface area contributed by atoms with E-state index in [0.717, 1.165) is 0 Å². The van der Waals surface area contributed by atoms with Gasteiger partial charge >= 0.3 is 20.0 Å². The van der Waals surface area contributed by atoms with Crippen LogP contribution in [0.1, 0.15) is 22.4 Å². The first-order valence-corrected chi connectivity index (χ1v) is 7.43. The average molecular weight is 332 g/mol. The second kappa shape index (κ2) is 7.55. The first-order valence-electron chi connectivity index (χ1n) is 6.55. The molecule has 0 fully saturated rings. The third-order valence-corrected chi connectivity index (χ3v) is 3.60. The van der Waals surface area contributed by atoms with E-state index in [4.69, 9.17) is 4.84 Å². The summed E-state index contributed by atoms with van der Waals surface area (Å²) in [5.74, 6) is -1.98. The zero-order valence-corrected chi connectivity index (χ0v) is 13.2. The minimum atomic E-state index is -1.30. The highest BCUT2D eigenvalue weighted by atomic mass is 32.1. The van der Waals surface area contributed by atoms with Gasteiger partial charge in [0.1, 0.15) is 5.69 Å². The Morgan fingerprint density at radius 2 is 2.04 bits per heavy atom. The van der Waals surface area contributed by atoms with Crippen LogP contribution in [0.3, 0.4) is 0 Å². The molecule has 7 nitrogen and oxygen atoms in total. The maximum atomic E-state index is 11.9. The van der Waals surface area contributed by atoms with Gasteiger partial charge in [-0.3, -0.25) is 0 Å². The van der Waals surface area contributed by atoms with Gasteiger partial charge < -0.3 is 14.6 Å². The molecule has 1 aromatic carbocycles. The molecule has 1 heterocycles. The van der Waals surface area contributed by atoms with E-state index in [9.17, 15) is 14.7 Å². The van der Waals surface area contributed by atoms with Crippen molar-refractivity contribution in [1.82, 2.24) is 4.98 Å². The summed E-state index contributed by atoms with van der Waals surface area (Å²) in [5.41, 5.74) is 0.304. The fraction of sp³-hybridized carbons (Fsp3) is 0.143. The van der Waals surface area contributed by atoms with Gasteiger partial charge in [0.15, 0.2) is 0 Å². The average Bonchev–Trinajstić information content (AvgIpc) is 2.97. The molecule has 0 bridgehead atoms. The van der Waals surface area contributed by atoms with E-state index in [1.165, 1.54) is 19.4 Å². The van der Waals surface area contributed by atoms with Gasteiger partial charge in [-0.15, -0.1) is 11.3 Å². The van der Waals surface area contributed by atoms with Crippen LogP contribution in [0.2, 0.25) is 0 Å². The predicted octanol–water partition coefficient (Wildman–Crippen LogP) is 1.09. The first kappa shape index (κ1) is 16.7. The van der Waals surface area contributed by atoms with Crippen LogP contribution in [-0.2, 0) is 19.1 Å². The Bertz CT molecular complexity index is 732. The molecule has 0 saturated heterocycles. The smallest absolute Gasteiger partial charge is 0.360 e. The molecule has 1 aromatic heterocycles. The molecule has 2 aromatic rings. The highest BCUT2D eigenvalue weighted by molar-refractivity contribution is 7.09. The number of carbonyl (C=O) groups excluding carboxylic acids is 1. The molecule has 0 aliphatic heterocycles. The number of nitrogens with zero attached hydrogens (tertiary/aromatic N) is 2. The zero-order chi connectivity index (χ0) is 16.8. The van der Waals surface area contributed by atoms with Crippen molar-refractivity contribution in [2.45, 2.75) is 13.0 Å². The number of hydrogen-bond donors (Lipinski definition) is 1. The van der Waals surface area contributed by atoms with Gasteiger partial charge in [0.2, 0.25) is 11.8 Å². The number of aliphatic carboxylic acids is 1. The van der Waals surface area contributed by atoms with Crippen molar-refractivity contribution in [2.24, 2.45) is 5.16 Å². The van der Waals surface area contributed by atoms with Crippen molar-refractivity contribution < 1.29 is 24.2 Å². The summed E-state index contributed by atoms with van der Waals surface area (Å²) < 4.78 is 4.68. The Hall–Kier alpha value is -2.68. The second-order valence-corrected chi connectivity index (χ2v) is 5.48. The van der Waals surface area contributed by atoms with Crippen molar-refractivity contribution in [3.05, 3.63) is 52.0 Å². The Kier molecular flexibility index (Phi) is 5.48. The molecule has 2 rings (SSSR count). The number of carboxylic acid groups (broad SMARTS) is 1. The van der Waals surface area contributed by atoms with Gasteiger partial charge in [-0.25, -0.2) is 14.6 Å². The van der Waals surface area contributed by atoms with E-state index in [2.05, 4.69) is 14.8 Å². The van der Waals surface area contributed by atoms with Crippen LogP contribution in [0.15, 0.2) is 40.9 Å². The molecule has 0 unspecified atom stereocenters. The van der Waals surface area contributed by atoms with E-state index in [-0.39, 0.29) is 11.4 Å². The van der Waals surface area contributed by atoms with Crippen LogP contribution in [0, 0.1) is 6.92 Å². The lowest BCUT2D eigenvalue weighted by atomic mass is 10.1. The molecule has 0 saturated carbocycles. The minimum absolute atomic E-state index is 0.177. The maximum Gasteiger partial charge on any atom is 0.360 e. The summed E-state index contributed by atoms with van der Waals surface area (Å²) in [6.07, 6.45) is -1.16. The normalized spacial score (nSPS) is 12.5. The maximum absolute atomic E-state index is 11.9. The number of rotatable bonds is 6. The number of aromatic nitrogens is 1. The summed E-state index contributed by atoms with van der Waals surface area (Å²) in [6, 6.07) is 8.54. The SMILES string of the molecule is BOC(=O)[C@@H](O/N=C(\C(=O)O)c1csc(C)n1)c1ccccc1. The van der Waals surface area contributed by atoms with Gasteiger partial charge in [0.25, 0.3) is 0 Å². The molecule has 0 amide bonds. The fourth-order valence-corrected chi connectivity index (χ4v) is 2.35. The number of thiazole rings is 1. The van der Waals surface area contributed by atoms with Crippen LogP contribution < -0.4 is 0 Å². The highest BCUT2D eigenvalue weighted by Gasteiger charge is 2.25. The Balaban J connectivity index is 2.31. The van der Waals surface area contributed by atoms with Gasteiger partial charge in [0, 0.05) is 10.9 Å². The second-order valence-electron chi connectivity index (χ2n) is 4.42. The third kappa shape index (κ3) is 4.16. The summed E-state index contributed by atoms with van der Waals surface area (Å²) in [5, 5.41) is 15.1. The number of aryl methyl sites for hydroxylation is 1. The Labute approximate surface area is 137 Å². The van der Waals surface area contributed by atoms with E-state index >= 15 is 0 Å². The zero-order valence-electron chi connectivity index (χ0n) is 12.4. The third-order valence-electron chi connectivity index (χ3n) is 2.83. The first-order chi connectivity index (χ1) is 11.0. The van der Waals surface area contributed by atoms with Gasteiger partial charge in [-0.05, 0) is 6.92 Å². The van der Waals surface area contributed by atoms with E-state index in [1.807, 2.05) is 0 Å². The standard InChI is InChI=1S/C14H13BN2O5S/c1-8-16-10(7-23-8)11(13(18)19)17-22-12(14(20)21-15)9-5-3-2-4-6-9/h2-7,12H,15H2,1H3,(H,18,19)/b17-11-/t12-/m0/s1. The van der Waals surface area contributed by atoms with Crippen LogP contribution in [0.4, 0.5) is 0 Å². The van der Waals surface area contributed by atoms with Crippen molar-refractivity contribution in [3.8, 4) is 0 Å². The highest BCUT2D eigenvalue weighted by Crippen LogP contribution is 2.20. The Morgan fingerprint density at radius 3 is 2.57 bits per heavy atom. The summed E-state index contributed by atoms with van der Waals surface area (Å²) in [7, 11) is 1.22. The summed E-state index contributed by atoms with van der Waals surface area (Å²) >= 11 is 1.29. The number of carboxylic acids is 1. The van der Waals surface area contributed by atoms with Crippen molar-refractivity contribution in [1.29, 1.82) is 0 Å². The lowest BCUT2D eigenvalue weighted by Gasteiger charge is -2.13. The van der Waals surface area contributed by atoms with E-state index < -0.39 is 18.0 Å². The molecule has 0 aliphatic rings. The monoisotopic (exact) mass is 332 g/mol. The molecule has 1 N–H and O–H groups in total. The molecule has 0 radical (unpaired) electrons. The molecular weight excluding hydrogens is 319 g/mol. The van der Waals surface area contributed by atoms with Crippen molar-refractivity contribution in [3.63, 3.8) is 0 Å². The summed E-state index contributed by atoms with van der Waals surface area (Å²) in [4.78, 5) is 32.4. The van der Waals surface area contributed by atoms with E-state index in [0.29, 0.717) is 10.6 Å². The number of hydrogen-bond acceptors (Lipinski definition) is 7. The van der Waals surface area contributed by atoms with Crippen LogP contribution in [0.25, 0.3) is 0 Å². The molecule has 23 heavy (non-hydrogen) atoms. The quantitative estimate of drug-likeness (QED) is 0.483. The van der Waals surface area contributed by atoms with Gasteiger partial charge in [-0.1, -0.05) is 35.5 Å². The number of benzene rings is 1. The molecule has 9 heteroatoms. The topological polar surface area (TPSA) is 98.1 Å². The predicted molar refractivity (Wildman–Crippen MR) is 85.9 cm³/mol. The number of oxime groups is 1. The van der Waals surface area contributed by atoms with Crippen LogP contribution in [-0.4, -0.2) is 35.8 Å². The van der Waals surface area contributed by atoms with Gasteiger partial charge in [0.05, 0.1) is 5.01 Å². The molecule has 0 spiro atoms. The lowest BCUT2D eigenvalue weighted by Crippen LogP contribution is -2.20. The van der Waals surface area contributed by atoms with Crippen LogP contribution in [0.5, 0.6) is 0 Å². The minimum Gasteiger partial charge on any atom is -0.540 e. The Morgan fingerprint density at radius 1 is 1.35 bits per heavy atom. The molecule has 0 aliphatic carbocycles. The number of carbonyl (C=O) groups is 2. The largest absolute Gasteiger partial charge is 0.540 e. The molecular formula is C14H13BN2O5S. The van der Waals surface area contributed by atoms with Crippen molar-refractivity contribution >= 4 is 37.0 Å². The van der Waals surface area contributed by atoms with E-state index in [1.54, 1.807) is 42.6 Å². The van der Waals surface area contributed by atoms with Crippen LogP contribution >= 0.6 is 11.3 Å². The summed E-state index contributed by atoms with van der Waals surface area (Å²) in [6.45, 7) is 1.75. The lowest BCUT2D eigenvalue weighted by molar-refractivity contribution is -0.148. The van der Waals surface area contributed by atoms with Crippen molar-refractivity contribution in [2.75, 3.05) is 0 Å². The molecule has 1 atom stereocenters. The fourth-order valence-electron chi connectivity index (χ4n) is 1.75. The molecule has 118 valence electrons.